The summed E-state index contributed by atoms with van der Waals surface area (Å²) in [7, 11) is 0. The van der Waals surface area contributed by atoms with Crippen molar-refractivity contribution in [3.8, 4) is 0 Å². The third kappa shape index (κ3) is 2.48. The topological polar surface area (TPSA) is 63.8 Å². The number of nitrogens with one attached hydrogen (secondary N) is 1. The number of aromatic nitrogens is 2. The summed E-state index contributed by atoms with van der Waals surface area (Å²) in [5.74, 6) is 0.837. The van der Waals surface area contributed by atoms with Crippen molar-refractivity contribution >= 4 is 11.5 Å². The minimum atomic E-state index is 0.717. The third-order valence-corrected chi connectivity index (χ3v) is 2.35. The molecule has 0 spiro atoms. The van der Waals surface area contributed by atoms with Crippen LogP contribution in [0, 0.1) is 6.92 Å². The summed E-state index contributed by atoms with van der Waals surface area (Å²) in [4.78, 5) is 8.30. The Bertz CT molecular complexity index is 468. The molecule has 4 nitrogen and oxygen atoms in total. The van der Waals surface area contributed by atoms with Crippen LogP contribution in [0.3, 0.4) is 0 Å². The van der Waals surface area contributed by atoms with Crippen molar-refractivity contribution in [2.75, 3.05) is 11.1 Å². The van der Waals surface area contributed by atoms with E-state index >= 15 is 0 Å². The van der Waals surface area contributed by atoms with Crippen LogP contribution in [0.4, 0.5) is 11.5 Å². The average molecular weight is 214 g/mol. The molecule has 0 aliphatic heterocycles. The van der Waals surface area contributed by atoms with Crippen LogP contribution in [0.15, 0.2) is 36.7 Å². The third-order valence-electron chi connectivity index (χ3n) is 2.35. The predicted octanol–water partition coefficient (Wildman–Crippen LogP) is 1.98. The summed E-state index contributed by atoms with van der Waals surface area (Å²) in [6.07, 6.45) is 3.55. The first-order chi connectivity index (χ1) is 7.75. The van der Waals surface area contributed by atoms with Gasteiger partial charge in [0.2, 0.25) is 0 Å². The Morgan fingerprint density at radius 2 is 1.94 bits per heavy atom. The monoisotopic (exact) mass is 214 g/mol. The molecule has 82 valence electrons. The van der Waals surface area contributed by atoms with Gasteiger partial charge in [0, 0.05) is 18.9 Å². The van der Waals surface area contributed by atoms with Gasteiger partial charge >= 0.3 is 0 Å². The molecule has 0 fully saturated rings. The molecule has 16 heavy (non-hydrogen) atoms. The second-order valence-corrected chi connectivity index (χ2v) is 3.58. The molecule has 0 aliphatic carbocycles. The summed E-state index contributed by atoms with van der Waals surface area (Å²) in [5, 5.41) is 3.23. The first-order valence-electron chi connectivity index (χ1n) is 5.11. The molecular weight excluding hydrogens is 200 g/mol. The molecule has 0 aliphatic rings. The van der Waals surface area contributed by atoms with Gasteiger partial charge in [-0.05, 0) is 36.8 Å². The normalized spacial score (nSPS) is 10.1. The second-order valence-electron chi connectivity index (χ2n) is 3.58. The fourth-order valence-electron chi connectivity index (χ4n) is 1.36. The maximum atomic E-state index is 5.70. The van der Waals surface area contributed by atoms with Gasteiger partial charge in [0.25, 0.3) is 0 Å². The van der Waals surface area contributed by atoms with Gasteiger partial charge in [0.05, 0.1) is 11.4 Å². The minimum absolute atomic E-state index is 0.717. The van der Waals surface area contributed by atoms with Crippen molar-refractivity contribution < 1.29 is 0 Å². The maximum absolute atomic E-state index is 5.70. The van der Waals surface area contributed by atoms with Gasteiger partial charge in [0.1, 0.15) is 5.82 Å². The van der Waals surface area contributed by atoms with Crippen LogP contribution in [0.5, 0.6) is 0 Å². The number of hydrogen-bond donors (Lipinski definition) is 2. The molecule has 0 radical (unpaired) electrons. The van der Waals surface area contributed by atoms with Crippen molar-refractivity contribution in [3.63, 3.8) is 0 Å². The van der Waals surface area contributed by atoms with Crippen molar-refractivity contribution in [3.05, 3.63) is 47.9 Å². The number of nitrogens with zero attached hydrogens (tertiary/aromatic N) is 2. The quantitative estimate of drug-likeness (QED) is 0.820. The number of nitrogens with two attached hydrogens (primary N) is 1. The van der Waals surface area contributed by atoms with Crippen LogP contribution in [0.2, 0.25) is 0 Å². The van der Waals surface area contributed by atoms with Gasteiger partial charge in [-0.1, -0.05) is 0 Å². The largest absolute Gasteiger partial charge is 0.397 e. The molecule has 0 aromatic carbocycles. The lowest BCUT2D eigenvalue weighted by molar-refractivity contribution is 1.08. The lowest BCUT2D eigenvalue weighted by atomic mass is 10.2. The summed E-state index contributed by atoms with van der Waals surface area (Å²) in [6.45, 7) is 2.63. The number of rotatable bonds is 3. The molecule has 2 rings (SSSR count). The van der Waals surface area contributed by atoms with E-state index in [0.717, 1.165) is 23.7 Å². The maximum Gasteiger partial charge on any atom is 0.126 e. The van der Waals surface area contributed by atoms with E-state index < -0.39 is 0 Å². The molecule has 3 N–H and O–H groups in total. The number of pyridine rings is 2. The van der Waals surface area contributed by atoms with Gasteiger partial charge in [0.15, 0.2) is 0 Å². The summed E-state index contributed by atoms with van der Waals surface area (Å²) in [5.41, 5.74) is 8.43. The lowest BCUT2D eigenvalue weighted by Gasteiger charge is -2.07. The van der Waals surface area contributed by atoms with Crippen LogP contribution in [-0.4, -0.2) is 9.97 Å². The lowest BCUT2D eigenvalue weighted by Crippen LogP contribution is -2.03. The number of aryl methyl sites for hydroxylation is 1. The number of anilines is 2. The summed E-state index contributed by atoms with van der Waals surface area (Å²) in [6, 6.07) is 7.68. The number of hydrogen-bond acceptors (Lipinski definition) is 4. The fraction of sp³-hybridized carbons (Fsp3) is 0.167. The molecule has 4 heteroatoms. The van der Waals surface area contributed by atoms with E-state index in [1.807, 2.05) is 31.2 Å². The Morgan fingerprint density at radius 3 is 2.62 bits per heavy atom. The zero-order chi connectivity index (χ0) is 11.4. The fourth-order valence-corrected chi connectivity index (χ4v) is 1.36. The van der Waals surface area contributed by atoms with Gasteiger partial charge in [-0.25, -0.2) is 4.98 Å². The van der Waals surface area contributed by atoms with Crippen molar-refractivity contribution in [1.29, 1.82) is 0 Å². The number of nitrogen functional groups attached to an aromatic ring is 1. The smallest absolute Gasteiger partial charge is 0.126 e. The van der Waals surface area contributed by atoms with E-state index in [0.29, 0.717) is 0 Å². The molecule has 0 saturated heterocycles. The molecule has 0 bridgehead atoms. The van der Waals surface area contributed by atoms with Crippen LogP contribution in [-0.2, 0) is 6.54 Å². The van der Waals surface area contributed by atoms with Gasteiger partial charge in [-0.3, -0.25) is 4.98 Å². The van der Waals surface area contributed by atoms with E-state index in [4.69, 9.17) is 5.73 Å². The highest BCUT2D eigenvalue weighted by Crippen LogP contribution is 2.12. The Kier molecular flexibility index (Phi) is 3.00. The van der Waals surface area contributed by atoms with Gasteiger partial charge in [-0.2, -0.15) is 0 Å². The van der Waals surface area contributed by atoms with E-state index in [1.54, 1.807) is 12.4 Å². The highest BCUT2D eigenvalue weighted by atomic mass is 15.0. The standard InChI is InChI=1S/C12H14N4/c1-9-11(13)2-3-12(16-9)15-8-10-4-6-14-7-5-10/h2-7H,8,13H2,1H3,(H,15,16). The van der Waals surface area contributed by atoms with E-state index in [-0.39, 0.29) is 0 Å². The average Bonchev–Trinajstić information content (AvgIpc) is 2.32. The molecule has 0 amide bonds. The van der Waals surface area contributed by atoms with Crippen LogP contribution >= 0.6 is 0 Å². The molecule has 0 unspecified atom stereocenters. The SMILES string of the molecule is Cc1nc(NCc2ccncc2)ccc1N. The van der Waals surface area contributed by atoms with Crippen LogP contribution in [0.1, 0.15) is 11.3 Å². The van der Waals surface area contributed by atoms with Crippen molar-refractivity contribution in [2.45, 2.75) is 13.5 Å². The molecule has 2 heterocycles. The van der Waals surface area contributed by atoms with Crippen molar-refractivity contribution in [2.24, 2.45) is 0 Å². The van der Waals surface area contributed by atoms with Crippen LogP contribution in [0.25, 0.3) is 0 Å². The van der Waals surface area contributed by atoms with Gasteiger partial charge < -0.3 is 11.1 Å². The molecular formula is C12H14N4. The Labute approximate surface area is 94.5 Å². The van der Waals surface area contributed by atoms with Gasteiger partial charge in [-0.15, -0.1) is 0 Å². The molecule has 0 atom stereocenters. The molecule has 2 aromatic heterocycles. The van der Waals surface area contributed by atoms with E-state index in [2.05, 4.69) is 15.3 Å². The molecule has 0 saturated carbocycles. The first-order valence-corrected chi connectivity index (χ1v) is 5.11. The Balaban J connectivity index is 2.03. The van der Waals surface area contributed by atoms with E-state index in [9.17, 15) is 0 Å². The summed E-state index contributed by atoms with van der Waals surface area (Å²) < 4.78 is 0. The summed E-state index contributed by atoms with van der Waals surface area (Å²) >= 11 is 0. The second kappa shape index (κ2) is 4.61. The highest BCUT2D eigenvalue weighted by molar-refractivity contribution is 5.49. The van der Waals surface area contributed by atoms with E-state index in [1.165, 1.54) is 5.56 Å². The first kappa shape index (κ1) is 10.4. The minimum Gasteiger partial charge on any atom is -0.397 e. The Hall–Kier alpha value is -2.10. The predicted molar refractivity (Wildman–Crippen MR) is 65.0 cm³/mol. The Morgan fingerprint density at radius 1 is 1.19 bits per heavy atom. The zero-order valence-electron chi connectivity index (χ0n) is 9.14. The van der Waals surface area contributed by atoms with Crippen molar-refractivity contribution in [1.82, 2.24) is 9.97 Å². The van der Waals surface area contributed by atoms with Crippen LogP contribution < -0.4 is 11.1 Å². The zero-order valence-corrected chi connectivity index (χ0v) is 9.14. The molecule has 2 aromatic rings. The highest BCUT2D eigenvalue weighted by Gasteiger charge is 1.98.